The van der Waals surface area contributed by atoms with E-state index in [-0.39, 0.29) is 11.2 Å². The lowest BCUT2D eigenvalue weighted by molar-refractivity contribution is 0.683. The molecule has 0 bridgehead atoms. The summed E-state index contributed by atoms with van der Waals surface area (Å²) in [5, 5.41) is 4.10. The van der Waals surface area contributed by atoms with Crippen LogP contribution in [0.15, 0.2) is 38.6 Å². The van der Waals surface area contributed by atoms with Crippen molar-refractivity contribution in [1.82, 2.24) is 23.9 Å². The zero-order valence-corrected chi connectivity index (χ0v) is 12.3. The van der Waals surface area contributed by atoms with Crippen molar-refractivity contribution >= 4 is 11.2 Å². The van der Waals surface area contributed by atoms with Crippen LogP contribution in [0.5, 0.6) is 0 Å². The molecule has 0 unspecified atom stereocenters. The van der Waals surface area contributed by atoms with Gasteiger partial charge in [-0.2, -0.15) is 14.8 Å². The van der Waals surface area contributed by atoms with Crippen LogP contribution in [0, 0.1) is 6.92 Å². The van der Waals surface area contributed by atoms with Gasteiger partial charge >= 0.3 is 11.4 Å². The molecular weight excluding hydrogens is 286 g/mol. The van der Waals surface area contributed by atoms with E-state index < -0.39 is 16.9 Å². The van der Waals surface area contributed by atoms with Crippen molar-refractivity contribution in [2.24, 2.45) is 14.1 Å². The standard InChI is InChI=1S/C14H13N5O3/c1-8-5-4-6-9(7-8)19-13(21)15-11-10(16-19)12(20)18(3)14(22)17(11)2/h4-7H,1-3H3. The van der Waals surface area contributed by atoms with Gasteiger partial charge in [0.05, 0.1) is 5.69 Å². The number of aromatic nitrogens is 5. The van der Waals surface area contributed by atoms with E-state index in [1.54, 1.807) is 18.2 Å². The molecule has 0 amide bonds. The minimum atomic E-state index is -0.652. The molecule has 0 fully saturated rings. The molecular formula is C14H13N5O3. The van der Waals surface area contributed by atoms with E-state index in [1.165, 1.54) is 14.1 Å². The summed E-state index contributed by atoms with van der Waals surface area (Å²) in [6.07, 6.45) is 0. The molecule has 0 atom stereocenters. The summed E-state index contributed by atoms with van der Waals surface area (Å²) in [5.41, 5.74) is -0.407. The van der Waals surface area contributed by atoms with Crippen molar-refractivity contribution in [3.8, 4) is 5.69 Å². The van der Waals surface area contributed by atoms with Gasteiger partial charge in [0.1, 0.15) is 0 Å². The van der Waals surface area contributed by atoms with Gasteiger partial charge in [-0.15, -0.1) is 0 Å². The van der Waals surface area contributed by atoms with Crippen LogP contribution in [0.3, 0.4) is 0 Å². The highest BCUT2D eigenvalue weighted by molar-refractivity contribution is 5.67. The number of fused-ring (bicyclic) bond motifs is 1. The topological polar surface area (TPSA) is 91.8 Å². The van der Waals surface area contributed by atoms with Crippen LogP contribution in [-0.2, 0) is 14.1 Å². The molecule has 0 saturated carbocycles. The molecule has 0 radical (unpaired) electrons. The quantitative estimate of drug-likeness (QED) is 0.603. The molecule has 3 aromatic rings. The first-order chi connectivity index (χ1) is 10.4. The third-order valence-corrected chi connectivity index (χ3v) is 3.44. The summed E-state index contributed by atoms with van der Waals surface area (Å²) < 4.78 is 3.12. The summed E-state index contributed by atoms with van der Waals surface area (Å²) >= 11 is 0. The van der Waals surface area contributed by atoms with Crippen LogP contribution in [0.1, 0.15) is 5.56 Å². The van der Waals surface area contributed by atoms with Gasteiger partial charge in [-0.3, -0.25) is 13.9 Å². The maximum Gasteiger partial charge on any atom is 0.370 e. The average molecular weight is 299 g/mol. The minimum Gasteiger partial charge on any atom is -0.279 e. The van der Waals surface area contributed by atoms with E-state index in [0.717, 1.165) is 19.4 Å². The van der Waals surface area contributed by atoms with Crippen molar-refractivity contribution in [3.05, 3.63) is 61.2 Å². The Morgan fingerprint density at radius 3 is 2.45 bits per heavy atom. The van der Waals surface area contributed by atoms with Gasteiger partial charge in [0, 0.05) is 14.1 Å². The zero-order valence-electron chi connectivity index (χ0n) is 12.3. The number of aryl methyl sites for hydroxylation is 2. The summed E-state index contributed by atoms with van der Waals surface area (Å²) in [6.45, 7) is 1.88. The van der Waals surface area contributed by atoms with Gasteiger partial charge in [0.25, 0.3) is 5.56 Å². The van der Waals surface area contributed by atoms with E-state index in [4.69, 9.17) is 0 Å². The third kappa shape index (κ3) is 1.96. The highest BCUT2D eigenvalue weighted by atomic mass is 16.2. The predicted octanol–water partition coefficient (Wildman–Crippen LogP) is -0.513. The summed E-state index contributed by atoms with van der Waals surface area (Å²) in [5.74, 6) is 0. The van der Waals surface area contributed by atoms with Crippen LogP contribution in [0.4, 0.5) is 0 Å². The smallest absolute Gasteiger partial charge is 0.279 e. The van der Waals surface area contributed by atoms with Gasteiger partial charge in [-0.05, 0) is 24.6 Å². The molecule has 2 heterocycles. The zero-order chi connectivity index (χ0) is 16.0. The third-order valence-electron chi connectivity index (χ3n) is 3.44. The lowest BCUT2D eigenvalue weighted by Crippen LogP contribution is -2.40. The van der Waals surface area contributed by atoms with Gasteiger partial charge in [0.15, 0.2) is 11.2 Å². The molecule has 0 N–H and O–H groups in total. The fraction of sp³-hybridized carbons (Fsp3) is 0.214. The summed E-state index contributed by atoms with van der Waals surface area (Å²) in [4.78, 5) is 40.1. The first-order valence-corrected chi connectivity index (χ1v) is 6.54. The second-order valence-electron chi connectivity index (χ2n) is 5.02. The molecule has 1 aromatic carbocycles. The van der Waals surface area contributed by atoms with Crippen LogP contribution in [0.2, 0.25) is 0 Å². The highest BCUT2D eigenvalue weighted by Crippen LogP contribution is 2.07. The lowest BCUT2D eigenvalue weighted by Gasteiger charge is -2.08. The Hall–Kier alpha value is -3.03. The van der Waals surface area contributed by atoms with Crippen LogP contribution >= 0.6 is 0 Å². The molecule has 112 valence electrons. The molecule has 0 aliphatic carbocycles. The van der Waals surface area contributed by atoms with Crippen LogP contribution in [-0.4, -0.2) is 23.9 Å². The van der Waals surface area contributed by atoms with Gasteiger partial charge in [-0.25, -0.2) is 9.59 Å². The Bertz CT molecular complexity index is 1070. The van der Waals surface area contributed by atoms with Gasteiger partial charge < -0.3 is 0 Å². The summed E-state index contributed by atoms with van der Waals surface area (Å²) in [7, 11) is 2.79. The lowest BCUT2D eigenvalue weighted by atomic mass is 10.2. The van der Waals surface area contributed by atoms with Crippen molar-refractivity contribution < 1.29 is 0 Å². The number of rotatable bonds is 1. The first-order valence-electron chi connectivity index (χ1n) is 6.54. The molecule has 0 aliphatic rings. The average Bonchev–Trinajstić information content (AvgIpc) is 2.50. The van der Waals surface area contributed by atoms with E-state index >= 15 is 0 Å². The van der Waals surface area contributed by atoms with E-state index in [9.17, 15) is 14.4 Å². The van der Waals surface area contributed by atoms with Crippen LogP contribution < -0.4 is 16.9 Å². The van der Waals surface area contributed by atoms with E-state index in [1.807, 2.05) is 13.0 Å². The molecule has 22 heavy (non-hydrogen) atoms. The Labute approximate surface area is 123 Å². The maximum atomic E-state index is 12.2. The van der Waals surface area contributed by atoms with Crippen molar-refractivity contribution in [1.29, 1.82) is 0 Å². The van der Waals surface area contributed by atoms with Crippen molar-refractivity contribution in [2.75, 3.05) is 0 Å². The Balaban J connectivity index is 2.46. The highest BCUT2D eigenvalue weighted by Gasteiger charge is 2.14. The van der Waals surface area contributed by atoms with Gasteiger partial charge in [-0.1, -0.05) is 12.1 Å². The van der Waals surface area contributed by atoms with E-state index in [0.29, 0.717) is 5.69 Å². The normalized spacial score (nSPS) is 11.0. The molecule has 3 rings (SSSR count). The molecule has 0 spiro atoms. The predicted molar refractivity (Wildman–Crippen MR) is 80.4 cm³/mol. The molecule has 0 aliphatic heterocycles. The fourth-order valence-corrected chi connectivity index (χ4v) is 2.24. The Kier molecular flexibility index (Phi) is 3.01. The second-order valence-corrected chi connectivity index (χ2v) is 5.02. The minimum absolute atomic E-state index is 0.0259. The summed E-state index contributed by atoms with van der Waals surface area (Å²) in [6, 6.07) is 7.11. The fourth-order valence-electron chi connectivity index (χ4n) is 2.24. The van der Waals surface area contributed by atoms with Crippen molar-refractivity contribution in [3.63, 3.8) is 0 Å². The Morgan fingerprint density at radius 1 is 1.05 bits per heavy atom. The largest absolute Gasteiger partial charge is 0.370 e. The molecule has 8 nitrogen and oxygen atoms in total. The molecule has 8 heteroatoms. The maximum absolute atomic E-state index is 12.2. The molecule has 0 saturated heterocycles. The number of nitrogens with zero attached hydrogens (tertiary/aromatic N) is 5. The SMILES string of the molecule is Cc1cccc(-n2nc3c(=O)n(C)c(=O)n(C)c3nc2=O)c1. The van der Waals surface area contributed by atoms with Crippen LogP contribution in [0.25, 0.3) is 16.9 Å². The number of hydrogen-bond donors (Lipinski definition) is 0. The Morgan fingerprint density at radius 2 is 1.77 bits per heavy atom. The van der Waals surface area contributed by atoms with Crippen molar-refractivity contribution in [2.45, 2.75) is 6.92 Å². The van der Waals surface area contributed by atoms with Gasteiger partial charge in [0.2, 0.25) is 0 Å². The second kappa shape index (κ2) is 4.76. The number of hydrogen-bond acceptors (Lipinski definition) is 5. The monoisotopic (exact) mass is 299 g/mol. The number of benzene rings is 1. The molecule has 2 aromatic heterocycles. The van der Waals surface area contributed by atoms with E-state index in [2.05, 4.69) is 10.1 Å². The first kappa shape index (κ1) is 13.9.